The van der Waals surface area contributed by atoms with E-state index in [4.69, 9.17) is 5.73 Å². The number of nitrogens with zero attached hydrogens (tertiary/aromatic N) is 1. The number of benzene rings is 1. The molecule has 0 aliphatic carbocycles. The predicted octanol–water partition coefficient (Wildman–Crippen LogP) is 1.15. The maximum atomic E-state index is 12.3. The van der Waals surface area contributed by atoms with Crippen molar-refractivity contribution in [1.29, 1.82) is 0 Å². The molecule has 3 N–H and O–H groups in total. The van der Waals surface area contributed by atoms with E-state index in [1.807, 2.05) is 0 Å². The number of rotatable bonds is 5. The van der Waals surface area contributed by atoms with Crippen molar-refractivity contribution in [3.8, 4) is 0 Å². The number of hydrogen-bond acceptors (Lipinski definition) is 5. The fourth-order valence-electron chi connectivity index (χ4n) is 2.22. The molecule has 1 aromatic rings. The lowest BCUT2D eigenvalue weighted by atomic mass is 10.1. The average Bonchev–Trinajstić information content (AvgIpc) is 2.25. The average molecular weight is 301 g/mol. The van der Waals surface area contributed by atoms with Gasteiger partial charge in [0.25, 0.3) is 5.69 Å². The molecule has 1 aromatic carbocycles. The molecule has 0 saturated heterocycles. The van der Waals surface area contributed by atoms with Gasteiger partial charge in [-0.05, 0) is 39.3 Å². The number of nitro groups is 1. The van der Waals surface area contributed by atoms with Crippen molar-refractivity contribution in [1.82, 2.24) is 4.72 Å². The highest BCUT2D eigenvalue weighted by atomic mass is 32.2. The van der Waals surface area contributed by atoms with Crippen LogP contribution < -0.4 is 10.5 Å². The van der Waals surface area contributed by atoms with E-state index in [2.05, 4.69) is 4.72 Å². The molecule has 0 aliphatic heterocycles. The summed E-state index contributed by atoms with van der Waals surface area (Å²) in [4.78, 5) is 10.5. The lowest BCUT2D eigenvalue weighted by molar-refractivity contribution is -0.386. The Morgan fingerprint density at radius 2 is 1.90 bits per heavy atom. The third-order valence-electron chi connectivity index (χ3n) is 3.02. The second kappa shape index (κ2) is 5.86. The van der Waals surface area contributed by atoms with Crippen molar-refractivity contribution in [3.63, 3.8) is 0 Å². The van der Waals surface area contributed by atoms with Gasteiger partial charge in [0.1, 0.15) is 0 Å². The summed E-state index contributed by atoms with van der Waals surface area (Å²) in [6, 6.07) is 1.06. The van der Waals surface area contributed by atoms with Gasteiger partial charge in [0.05, 0.1) is 9.82 Å². The topological polar surface area (TPSA) is 115 Å². The summed E-state index contributed by atoms with van der Waals surface area (Å²) in [7, 11) is -3.84. The molecule has 0 aliphatic rings. The molecule has 1 unspecified atom stereocenters. The van der Waals surface area contributed by atoms with E-state index in [0.717, 1.165) is 0 Å². The van der Waals surface area contributed by atoms with Gasteiger partial charge in [-0.2, -0.15) is 0 Å². The van der Waals surface area contributed by atoms with Gasteiger partial charge in [-0.1, -0.05) is 0 Å². The third kappa shape index (κ3) is 3.14. The number of aryl methyl sites for hydroxylation is 2. The molecule has 0 fully saturated rings. The summed E-state index contributed by atoms with van der Waals surface area (Å²) in [6.45, 7) is 6.42. The SMILES string of the molecule is Cc1cc(C)c(S(=O)(=O)NC(C)CN)c(C)c1[N+](=O)[O-]. The van der Waals surface area contributed by atoms with Gasteiger partial charge in [-0.15, -0.1) is 0 Å². The molecule has 1 rings (SSSR count). The Labute approximate surface area is 118 Å². The first-order valence-electron chi connectivity index (χ1n) is 6.09. The largest absolute Gasteiger partial charge is 0.329 e. The first kappa shape index (κ1) is 16.5. The van der Waals surface area contributed by atoms with Crippen LogP contribution in [-0.2, 0) is 10.0 Å². The van der Waals surface area contributed by atoms with Crippen LogP contribution in [-0.4, -0.2) is 25.9 Å². The van der Waals surface area contributed by atoms with Crippen LogP contribution in [0.2, 0.25) is 0 Å². The molecule has 0 bridgehead atoms. The standard InChI is InChI=1S/C12H19N3O4S/c1-7-5-8(2)12(10(4)11(7)15(16)17)20(18,19)14-9(3)6-13/h5,9,14H,6,13H2,1-4H3. The summed E-state index contributed by atoms with van der Waals surface area (Å²) in [5.41, 5.74) is 6.29. The Hall–Kier alpha value is -1.51. The normalized spacial score (nSPS) is 13.2. The number of sulfonamides is 1. The molecule has 20 heavy (non-hydrogen) atoms. The molecular weight excluding hydrogens is 282 g/mol. The Morgan fingerprint density at radius 1 is 1.35 bits per heavy atom. The van der Waals surface area contributed by atoms with E-state index in [0.29, 0.717) is 11.1 Å². The van der Waals surface area contributed by atoms with Crippen LogP contribution >= 0.6 is 0 Å². The van der Waals surface area contributed by atoms with Crippen molar-refractivity contribution in [2.75, 3.05) is 6.54 Å². The molecule has 8 heteroatoms. The first-order valence-corrected chi connectivity index (χ1v) is 7.57. The van der Waals surface area contributed by atoms with Gasteiger partial charge in [-0.3, -0.25) is 10.1 Å². The second-order valence-electron chi connectivity index (χ2n) is 4.83. The summed E-state index contributed by atoms with van der Waals surface area (Å²) in [5.74, 6) is 0. The maximum Gasteiger partial charge on any atom is 0.276 e. The van der Waals surface area contributed by atoms with Crippen LogP contribution in [0.4, 0.5) is 5.69 Å². The zero-order chi connectivity index (χ0) is 15.7. The van der Waals surface area contributed by atoms with Crippen molar-refractivity contribution in [2.24, 2.45) is 5.73 Å². The summed E-state index contributed by atoms with van der Waals surface area (Å²) in [6.07, 6.45) is 0. The monoisotopic (exact) mass is 301 g/mol. The minimum absolute atomic E-state index is 0.0462. The van der Waals surface area contributed by atoms with Crippen LogP contribution in [0.25, 0.3) is 0 Å². The number of hydrogen-bond donors (Lipinski definition) is 2. The molecule has 0 radical (unpaired) electrons. The van der Waals surface area contributed by atoms with Crippen molar-refractivity contribution < 1.29 is 13.3 Å². The lowest BCUT2D eigenvalue weighted by Gasteiger charge is -2.16. The minimum atomic E-state index is -3.84. The Morgan fingerprint density at radius 3 is 2.35 bits per heavy atom. The highest BCUT2D eigenvalue weighted by molar-refractivity contribution is 7.89. The van der Waals surface area contributed by atoms with Gasteiger partial charge >= 0.3 is 0 Å². The van der Waals surface area contributed by atoms with E-state index in [9.17, 15) is 18.5 Å². The molecule has 7 nitrogen and oxygen atoms in total. The fraction of sp³-hybridized carbons (Fsp3) is 0.500. The number of nitro benzene ring substituents is 1. The van der Waals surface area contributed by atoms with E-state index >= 15 is 0 Å². The molecule has 0 heterocycles. The van der Waals surface area contributed by atoms with Crippen LogP contribution in [0.15, 0.2) is 11.0 Å². The zero-order valence-corrected chi connectivity index (χ0v) is 12.7. The van der Waals surface area contributed by atoms with Gasteiger partial charge in [0, 0.05) is 23.7 Å². The minimum Gasteiger partial charge on any atom is -0.329 e. The Balaban J connectivity index is 3.53. The van der Waals surface area contributed by atoms with Crippen molar-refractivity contribution in [3.05, 3.63) is 32.9 Å². The van der Waals surface area contributed by atoms with Gasteiger partial charge in [0.15, 0.2) is 0 Å². The quantitative estimate of drug-likeness (QED) is 0.625. The van der Waals surface area contributed by atoms with E-state index in [1.165, 1.54) is 13.0 Å². The number of nitrogens with one attached hydrogen (secondary N) is 1. The predicted molar refractivity (Wildman–Crippen MR) is 76.1 cm³/mol. The highest BCUT2D eigenvalue weighted by Gasteiger charge is 2.28. The van der Waals surface area contributed by atoms with E-state index in [1.54, 1.807) is 20.8 Å². The van der Waals surface area contributed by atoms with E-state index in [-0.39, 0.29) is 22.7 Å². The van der Waals surface area contributed by atoms with Gasteiger partial charge in [-0.25, -0.2) is 13.1 Å². The van der Waals surface area contributed by atoms with Crippen LogP contribution in [0.1, 0.15) is 23.6 Å². The molecule has 0 saturated carbocycles. The molecule has 0 amide bonds. The van der Waals surface area contributed by atoms with Crippen LogP contribution in [0.5, 0.6) is 0 Å². The van der Waals surface area contributed by atoms with E-state index < -0.39 is 21.0 Å². The van der Waals surface area contributed by atoms with Crippen LogP contribution in [0.3, 0.4) is 0 Å². The van der Waals surface area contributed by atoms with Crippen molar-refractivity contribution >= 4 is 15.7 Å². The summed E-state index contributed by atoms with van der Waals surface area (Å²) < 4.78 is 27.1. The smallest absolute Gasteiger partial charge is 0.276 e. The number of nitrogens with two attached hydrogens (primary N) is 1. The summed E-state index contributed by atoms with van der Waals surface area (Å²) >= 11 is 0. The molecule has 112 valence electrons. The molecule has 1 atom stereocenters. The lowest BCUT2D eigenvalue weighted by Crippen LogP contribution is -2.38. The Bertz CT molecular complexity index is 641. The summed E-state index contributed by atoms with van der Waals surface area (Å²) in [5, 5.41) is 11.1. The van der Waals surface area contributed by atoms with Crippen LogP contribution in [0, 0.1) is 30.9 Å². The second-order valence-corrected chi connectivity index (χ2v) is 6.48. The maximum absolute atomic E-state index is 12.3. The Kier molecular flexibility index (Phi) is 4.85. The highest BCUT2D eigenvalue weighted by Crippen LogP contribution is 2.31. The zero-order valence-electron chi connectivity index (χ0n) is 11.9. The first-order chi connectivity index (χ1) is 9.11. The van der Waals surface area contributed by atoms with Gasteiger partial charge < -0.3 is 5.73 Å². The molecule has 0 spiro atoms. The third-order valence-corrected chi connectivity index (χ3v) is 4.90. The van der Waals surface area contributed by atoms with Crippen molar-refractivity contribution in [2.45, 2.75) is 38.6 Å². The van der Waals surface area contributed by atoms with Gasteiger partial charge in [0.2, 0.25) is 10.0 Å². The molecular formula is C12H19N3O4S. The fourth-order valence-corrected chi connectivity index (χ4v) is 3.95. The molecule has 0 aromatic heterocycles.